The van der Waals surface area contributed by atoms with E-state index in [9.17, 15) is 4.79 Å². The molecule has 124 valence electrons. The molecule has 1 amide bonds. The van der Waals surface area contributed by atoms with Crippen molar-refractivity contribution in [2.45, 2.75) is 25.8 Å². The highest BCUT2D eigenvalue weighted by Crippen LogP contribution is 2.32. The van der Waals surface area contributed by atoms with E-state index >= 15 is 0 Å². The number of carbonyl (C=O) groups is 1. The molecule has 1 aromatic carbocycles. The van der Waals surface area contributed by atoms with Gasteiger partial charge in [-0.2, -0.15) is 5.10 Å². The Bertz CT molecular complexity index is 883. The van der Waals surface area contributed by atoms with Crippen LogP contribution in [0.25, 0.3) is 15.9 Å². The summed E-state index contributed by atoms with van der Waals surface area (Å²) in [6, 6.07) is 12.2. The lowest BCUT2D eigenvalue weighted by Gasteiger charge is -2.22. The average Bonchev–Trinajstić information content (AvgIpc) is 3.31. The van der Waals surface area contributed by atoms with Gasteiger partial charge in [0.15, 0.2) is 0 Å². The number of aryl methyl sites for hydroxylation is 1. The summed E-state index contributed by atoms with van der Waals surface area (Å²) in [5, 5.41) is 5.68. The van der Waals surface area contributed by atoms with Gasteiger partial charge in [-0.05, 0) is 38.0 Å². The first-order chi connectivity index (χ1) is 11.7. The van der Waals surface area contributed by atoms with Crippen LogP contribution in [0, 0.1) is 6.92 Å². The fourth-order valence-electron chi connectivity index (χ4n) is 3.39. The van der Waals surface area contributed by atoms with Crippen molar-refractivity contribution in [3.05, 3.63) is 47.0 Å². The van der Waals surface area contributed by atoms with Crippen molar-refractivity contribution in [3.8, 4) is 5.69 Å². The molecule has 5 nitrogen and oxygen atoms in total. The number of hydrogen-bond donors (Lipinski definition) is 1. The Morgan fingerprint density at radius 1 is 1.38 bits per heavy atom. The maximum atomic E-state index is 12.9. The Balaban J connectivity index is 1.75. The molecule has 1 fully saturated rings. The summed E-state index contributed by atoms with van der Waals surface area (Å²) in [4.78, 5) is 16.6. The molecule has 1 saturated heterocycles. The molecule has 3 aromatic rings. The van der Waals surface area contributed by atoms with Gasteiger partial charge in [0.25, 0.3) is 5.91 Å². The lowest BCUT2D eigenvalue weighted by Crippen LogP contribution is -2.39. The highest BCUT2D eigenvalue weighted by Gasteiger charge is 2.30. The van der Waals surface area contributed by atoms with Crippen molar-refractivity contribution in [3.63, 3.8) is 0 Å². The van der Waals surface area contributed by atoms with Crippen molar-refractivity contribution in [2.24, 2.45) is 5.73 Å². The zero-order valence-electron chi connectivity index (χ0n) is 13.6. The Morgan fingerprint density at radius 3 is 2.92 bits per heavy atom. The summed E-state index contributed by atoms with van der Waals surface area (Å²) in [6.07, 6.45) is 2.04. The molecule has 24 heavy (non-hydrogen) atoms. The monoisotopic (exact) mass is 340 g/mol. The number of carbonyl (C=O) groups excluding carboxylic acids is 1. The first-order valence-corrected chi connectivity index (χ1v) is 9.06. The fraction of sp³-hybridized carbons (Fsp3) is 0.333. The van der Waals surface area contributed by atoms with E-state index in [4.69, 9.17) is 5.73 Å². The Kier molecular flexibility index (Phi) is 3.86. The number of fused-ring (bicyclic) bond motifs is 1. The number of hydrogen-bond acceptors (Lipinski definition) is 4. The Morgan fingerprint density at radius 2 is 2.17 bits per heavy atom. The topological polar surface area (TPSA) is 64.2 Å². The van der Waals surface area contributed by atoms with Crippen LogP contribution in [0.15, 0.2) is 36.4 Å². The number of para-hydroxylation sites is 1. The van der Waals surface area contributed by atoms with Gasteiger partial charge < -0.3 is 10.6 Å². The molecule has 3 heterocycles. The van der Waals surface area contributed by atoms with E-state index in [1.54, 1.807) is 0 Å². The molecule has 1 atom stereocenters. The smallest absolute Gasteiger partial charge is 0.264 e. The lowest BCUT2D eigenvalue weighted by atomic mass is 10.2. The van der Waals surface area contributed by atoms with Gasteiger partial charge in [-0.1, -0.05) is 18.2 Å². The molecule has 0 spiro atoms. The largest absolute Gasteiger partial charge is 0.334 e. The van der Waals surface area contributed by atoms with E-state index in [2.05, 4.69) is 5.10 Å². The first-order valence-electron chi connectivity index (χ1n) is 8.24. The van der Waals surface area contributed by atoms with Gasteiger partial charge in [-0.15, -0.1) is 11.3 Å². The molecule has 0 saturated carbocycles. The minimum Gasteiger partial charge on any atom is -0.334 e. The summed E-state index contributed by atoms with van der Waals surface area (Å²) in [5.41, 5.74) is 7.77. The molecule has 1 unspecified atom stereocenters. The summed E-state index contributed by atoms with van der Waals surface area (Å²) < 4.78 is 1.93. The van der Waals surface area contributed by atoms with Crippen molar-refractivity contribution >= 4 is 27.5 Å². The van der Waals surface area contributed by atoms with Crippen LogP contribution in [0.1, 0.15) is 28.2 Å². The molecule has 0 bridgehead atoms. The molecule has 0 radical (unpaired) electrons. The van der Waals surface area contributed by atoms with Crippen LogP contribution in [0.2, 0.25) is 0 Å². The number of benzene rings is 1. The molecule has 2 aromatic heterocycles. The van der Waals surface area contributed by atoms with Gasteiger partial charge in [0.05, 0.1) is 16.3 Å². The molecule has 2 N–H and O–H groups in total. The fourth-order valence-corrected chi connectivity index (χ4v) is 4.53. The standard InChI is InChI=1S/C18H20N4OS/c1-12-15-10-16(17(23)21-9-5-8-14(21)11-19)24-18(15)22(20-12)13-6-3-2-4-7-13/h2-4,6-7,10,14H,5,8-9,11,19H2,1H3. The third-order valence-electron chi connectivity index (χ3n) is 4.67. The highest BCUT2D eigenvalue weighted by molar-refractivity contribution is 7.20. The van der Waals surface area contributed by atoms with Crippen LogP contribution in [-0.4, -0.2) is 39.7 Å². The number of amides is 1. The van der Waals surface area contributed by atoms with Crippen molar-refractivity contribution in [1.82, 2.24) is 14.7 Å². The van der Waals surface area contributed by atoms with Gasteiger partial charge in [0.2, 0.25) is 0 Å². The summed E-state index contributed by atoms with van der Waals surface area (Å²) in [5.74, 6) is 0.100. The van der Waals surface area contributed by atoms with Gasteiger partial charge in [0, 0.05) is 24.5 Å². The van der Waals surface area contributed by atoms with Crippen molar-refractivity contribution in [2.75, 3.05) is 13.1 Å². The number of nitrogens with two attached hydrogens (primary N) is 1. The van der Waals surface area contributed by atoms with Gasteiger partial charge in [-0.3, -0.25) is 4.79 Å². The minimum atomic E-state index is 0.100. The second-order valence-corrected chi connectivity index (χ2v) is 7.22. The summed E-state index contributed by atoms with van der Waals surface area (Å²) in [6.45, 7) is 3.33. The van der Waals surface area contributed by atoms with E-state index in [0.29, 0.717) is 6.54 Å². The molecule has 0 aliphatic carbocycles. The number of likely N-dealkylation sites (tertiary alicyclic amines) is 1. The SMILES string of the molecule is Cc1nn(-c2ccccc2)c2sc(C(=O)N3CCCC3CN)cc12. The maximum Gasteiger partial charge on any atom is 0.264 e. The third-order valence-corrected chi connectivity index (χ3v) is 5.76. The van der Waals surface area contributed by atoms with Crippen LogP contribution >= 0.6 is 11.3 Å². The van der Waals surface area contributed by atoms with Crippen LogP contribution in [0.5, 0.6) is 0 Å². The Labute approximate surface area is 144 Å². The zero-order valence-corrected chi connectivity index (χ0v) is 14.4. The first kappa shape index (κ1) is 15.4. The normalized spacial score (nSPS) is 17.8. The average molecular weight is 340 g/mol. The second-order valence-electron chi connectivity index (χ2n) is 6.19. The van der Waals surface area contributed by atoms with E-state index in [-0.39, 0.29) is 11.9 Å². The third kappa shape index (κ3) is 2.42. The Hall–Kier alpha value is -2.18. The quantitative estimate of drug-likeness (QED) is 0.797. The number of rotatable bonds is 3. The molecule has 1 aliphatic rings. The zero-order chi connectivity index (χ0) is 16.7. The van der Waals surface area contributed by atoms with Crippen LogP contribution in [0.3, 0.4) is 0 Å². The minimum absolute atomic E-state index is 0.100. The second kappa shape index (κ2) is 6.03. The van der Waals surface area contributed by atoms with Gasteiger partial charge >= 0.3 is 0 Å². The van der Waals surface area contributed by atoms with E-state index < -0.39 is 0 Å². The molecule has 4 rings (SSSR count). The molecule has 1 aliphatic heterocycles. The van der Waals surface area contributed by atoms with Crippen LogP contribution < -0.4 is 5.73 Å². The van der Waals surface area contributed by atoms with E-state index in [1.165, 1.54) is 11.3 Å². The predicted octanol–water partition coefficient (Wildman–Crippen LogP) is 2.96. The molecular weight excluding hydrogens is 320 g/mol. The predicted molar refractivity (Wildman–Crippen MR) is 96.8 cm³/mol. The van der Waals surface area contributed by atoms with Crippen LogP contribution in [-0.2, 0) is 0 Å². The van der Waals surface area contributed by atoms with E-state index in [1.807, 2.05) is 52.9 Å². The maximum absolute atomic E-state index is 12.9. The van der Waals surface area contributed by atoms with Gasteiger partial charge in [-0.25, -0.2) is 4.68 Å². The highest BCUT2D eigenvalue weighted by atomic mass is 32.1. The lowest BCUT2D eigenvalue weighted by molar-refractivity contribution is 0.0746. The molecular formula is C18H20N4OS. The van der Waals surface area contributed by atoms with Gasteiger partial charge in [0.1, 0.15) is 4.83 Å². The summed E-state index contributed by atoms with van der Waals surface area (Å²) >= 11 is 1.52. The van der Waals surface area contributed by atoms with Crippen molar-refractivity contribution < 1.29 is 4.79 Å². The number of thiophene rings is 1. The summed E-state index contributed by atoms with van der Waals surface area (Å²) in [7, 11) is 0. The van der Waals surface area contributed by atoms with Crippen molar-refractivity contribution in [1.29, 1.82) is 0 Å². The molecule has 6 heteroatoms. The number of aromatic nitrogens is 2. The van der Waals surface area contributed by atoms with E-state index in [0.717, 1.165) is 45.9 Å². The number of nitrogens with zero attached hydrogens (tertiary/aromatic N) is 3. The van der Waals surface area contributed by atoms with Crippen LogP contribution in [0.4, 0.5) is 0 Å².